The first kappa shape index (κ1) is 12.0. The summed E-state index contributed by atoms with van der Waals surface area (Å²) >= 11 is 0. The van der Waals surface area contributed by atoms with Crippen LogP contribution >= 0.6 is 0 Å². The van der Waals surface area contributed by atoms with Gasteiger partial charge in [-0.2, -0.15) is 0 Å². The van der Waals surface area contributed by atoms with Gasteiger partial charge in [0.05, 0.1) is 5.69 Å². The maximum atomic E-state index is 11.2. The van der Waals surface area contributed by atoms with Crippen molar-refractivity contribution in [1.29, 1.82) is 0 Å². The van der Waals surface area contributed by atoms with Crippen LogP contribution < -0.4 is 0 Å². The molecule has 0 aromatic carbocycles. The first-order valence-corrected chi connectivity index (χ1v) is 6.06. The molecule has 0 radical (unpaired) electrons. The number of aromatic nitrogens is 1. The van der Waals surface area contributed by atoms with E-state index in [2.05, 4.69) is 4.98 Å². The van der Waals surface area contributed by atoms with E-state index in [1.54, 1.807) is 6.20 Å². The van der Waals surface area contributed by atoms with Crippen molar-refractivity contribution < 1.29 is 9.90 Å². The maximum absolute atomic E-state index is 11.2. The lowest BCUT2D eigenvalue weighted by atomic mass is 10.0. The van der Waals surface area contributed by atoms with Crippen LogP contribution in [0.25, 0.3) is 0 Å². The lowest BCUT2D eigenvalue weighted by Crippen LogP contribution is -2.44. The summed E-state index contributed by atoms with van der Waals surface area (Å²) in [7, 11) is 0. The van der Waals surface area contributed by atoms with Gasteiger partial charge in [-0.1, -0.05) is 12.5 Å². The number of carboxylic acids is 1. The molecule has 17 heavy (non-hydrogen) atoms. The summed E-state index contributed by atoms with van der Waals surface area (Å²) < 4.78 is 0. The molecule has 0 amide bonds. The Bertz CT molecular complexity index is 406. The summed E-state index contributed by atoms with van der Waals surface area (Å²) in [5, 5.41) is 9.19. The van der Waals surface area contributed by atoms with Crippen LogP contribution in [0.3, 0.4) is 0 Å². The van der Waals surface area contributed by atoms with Gasteiger partial charge in [0, 0.05) is 12.7 Å². The summed E-state index contributed by atoms with van der Waals surface area (Å²) in [6, 6.07) is 3.58. The number of carbonyl (C=O) groups is 1. The predicted octanol–water partition coefficient (Wildman–Crippen LogP) is 1.83. The molecule has 1 aromatic heterocycles. The molecule has 1 unspecified atom stereocenters. The van der Waals surface area contributed by atoms with Gasteiger partial charge in [-0.25, -0.2) is 0 Å². The number of aliphatic carboxylic acids is 1. The molecule has 1 atom stereocenters. The molecule has 92 valence electrons. The summed E-state index contributed by atoms with van der Waals surface area (Å²) in [6.45, 7) is 3.51. The van der Waals surface area contributed by atoms with Gasteiger partial charge >= 0.3 is 5.97 Å². The minimum absolute atomic E-state index is 0.342. The van der Waals surface area contributed by atoms with Crippen LogP contribution in [0, 0.1) is 6.92 Å². The number of rotatable bonds is 3. The Labute approximate surface area is 101 Å². The van der Waals surface area contributed by atoms with Crippen molar-refractivity contribution in [2.24, 2.45) is 0 Å². The molecule has 0 saturated carbocycles. The largest absolute Gasteiger partial charge is 0.480 e. The average molecular weight is 234 g/mol. The van der Waals surface area contributed by atoms with Gasteiger partial charge in [-0.05, 0) is 37.9 Å². The van der Waals surface area contributed by atoms with Gasteiger partial charge in [0.1, 0.15) is 6.04 Å². The van der Waals surface area contributed by atoms with Crippen molar-refractivity contribution in [3.63, 3.8) is 0 Å². The van der Waals surface area contributed by atoms with Gasteiger partial charge in [0.15, 0.2) is 0 Å². The second-order valence-electron chi connectivity index (χ2n) is 4.59. The Morgan fingerprint density at radius 3 is 3.12 bits per heavy atom. The minimum atomic E-state index is -0.710. The van der Waals surface area contributed by atoms with E-state index in [4.69, 9.17) is 0 Å². The maximum Gasteiger partial charge on any atom is 0.320 e. The van der Waals surface area contributed by atoms with Crippen LogP contribution in [0.5, 0.6) is 0 Å². The van der Waals surface area contributed by atoms with Crippen molar-refractivity contribution in [2.45, 2.75) is 38.8 Å². The molecule has 4 nitrogen and oxygen atoms in total. The number of likely N-dealkylation sites (tertiary alicyclic amines) is 1. The van der Waals surface area contributed by atoms with E-state index >= 15 is 0 Å². The molecule has 1 aliphatic rings. The van der Waals surface area contributed by atoms with E-state index in [0.717, 1.165) is 37.1 Å². The van der Waals surface area contributed by atoms with Gasteiger partial charge in [0.25, 0.3) is 0 Å². The van der Waals surface area contributed by atoms with E-state index in [0.29, 0.717) is 6.54 Å². The van der Waals surface area contributed by atoms with Crippen molar-refractivity contribution in [3.8, 4) is 0 Å². The topological polar surface area (TPSA) is 53.4 Å². The molecule has 1 aromatic rings. The Balaban J connectivity index is 2.11. The van der Waals surface area contributed by atoms with E-state index < -0.39 is 5.97 Å². The summed E-state index contributed by atoms with van der Waals surface area (Å²) in [6.07, 6.45) is 4.60. The van der Waals surface area contributed by atoms with Crippen LogP contribution in [0.4, 0.5) is 0 Å². The van der Waals surface area contributed by atoms with Crippen molar-refractivity contribution in [2.75, 3.05) is 6.54 Å². The first-order chi connectivity index (χ1) is 8.18. The monoisotopic (exact) mass is 234 g/mol. The molecule has 4 heteroatoms. The fraction of sp³-hybridized carbons (Fsp3) is 0.538. The second kappa shape index (κ2) is 5.27. The van der Waals surface area contributed by atoms with Crippen LogP contribution in [-0.2, 0) is 11.3 Å². The molecule has 2 rings (SSSR count). The molecule has 0 spiro atoms. The van der Waals surface area contributed by atoms with E-state index in [9.17, 15) is 9.90 Å². The summed E-state index contributed by atoms with van der Waals surface area (Å²) in [5.41, 5.74) is 2.11. The van der Waals surface area contributed by atoms with Crippen molar-refractivity contribution >= 4 is 5.97 Å². The van der Waals surface area contributed by atoms with Crippen LogP contribution in [0.1, 0.15) is 30.5 Å². The Morgan fingerprint density at radius 1 is 1.59 bits per heavy atom. The molecule has 1 saturated heterocycles. The SMILES string of the molecule is Cc1cccnc1CN1CCCCC1C(=O)O. The van der Waals surface area contributed by atoms with E-state index in [1.165, 1.54) is 0 Å². The van der Waals surface area contributed by atoms with Crippen molar-refractivity contribution in [3.05, 3.63) is 29.6 Å². The number of piperidine rings is 1. The van der Waals surface area contributed by atoms with E-state index in [1.807, 2.05) is 24.0 Å². The van der Waals surface area contributed by atoms with Gasteiger partial charge < -0.3 is 5.11 Å². The first-order valence-electron chi connectivity index (χ1n) is 6.06. The van der Waals surface area contributed by atoms with Crippen LogP contribution in [0.2, 0.25) is 0 Å². The number of nitrogens with zero attached hydrogens (tertiary/aromatic N) is 2. The highest BCUT2D eigenvalue weighted by atomic mass is 16.4. The number of hydrogen-bond acceptors (Lipinski definition) is 3. The standard InChI is InChI=1S/C13H18N2O2/c1-10-5-4-7-14-11(10)9-15-8-3-2-6-12(15)13(16)17/h4-5,7,12H,2-3,6,8-9H2,1H3,(H,16,17). The quantitative estimate of drug-likeness (QED) is 0.867. The zero-order valence-corrected chi connectivity index (χ0v) is 10.1. The van der Waals surface area contributed by atoms with Crippen LogP contribution in [0.15, 0.2) is 18.3 Å². The average Bonchev–Trinajstić information content (AvgIpc) is 2.32. The Hall–Kier alpha value is -1.42. The molecule has 0 aliphatic carbocycles. The smallest absolute Gasteiger partial charge is 0.320 e. The van der Waals surface area contributed by atoms with Gasteiger partial charge in [0.2, 0.25) is 0 Å². The van der Waals surface area contributed by atoms with Crippen molar-refractivity contribution in [1.82, 2.24) is 9.88 Å². The number of carboxylic acid groups (broad SMARTS) is 1. The number of aryl methyl sites for hydroxylation is 1. The molecule has 2 heterocycles. The zero-order chi connectivity index (χ0) is 12.3. The molecule has 1 aliphatic heterocycles. The molecule has 1 fully saturated rings. The lowest BCUT2D eigenvalue weighted by molar-refractivity contribution is -0.144. The zero-order valence-electron chi connectivity index (χ0n) is 10.1. The molecular formula is C13H18N2O2. The fourth-order valence-electron chi connectivity index (χ4n) is 2.34. The Kier molecular flexibility index (Phi) is 3.74. The highest BCUT2D eigenvalue weighted by Crippen LogP contribution is 2.20. The third-order valence-corrected chi connectivity index (χ3v) is 3.37. The summed E-state index contributed by atoms with van der Waals surface area (Å²) in [4.78, 5) is 17.5. The third kappa shape index (κ3) is 2.82. The normalized spacial score (nSPS) is 21.4. The highest BCUT2D eigenvalue weighted by molar-refractivity contribution is 5.73. The van der Waals surface area contributed by atoms with Gasteiger partial charge in [-0.15, -0.1) is 0 Å². The highest BCUT2D eigenvalue weighted by Gasteiger charge is 2.28. The van der Waals surface area contributed by atoms with Crippen LogP contribution in [-0.4, -0.2) is 33.5 Å². The van der Waals surface area contributed by atoms with E-state index in [-0.39, 0.29) is 6.04 Å². The second-order valence-corrected chi connectivity index (χ2v) is 4.59. The predicted molar refractivity (Wildman–Crippen MR) is 64.7 cm³/mol. The molecule has 1 N–H and O–H groups in total. The Morgan fingerprint density at radius 2 is 2.41 bits per heavy atom. The third-order valence-electron chi connectivity index (χ3n) is 3.37. The fourth-order valence-corrected chi connectivity index (χ4v) is 2.34. The summed E-state index contributed by atoms with van der Waals surface area (Å²) in [5.74, 6) is -0.710. The minimum Gasteiger partial charge on any atom is -0.480 e. The molecule has 0 bridgehead atoms. The number of hydrogen-bond donors (Lipinski definition) is 1. The molecular weight excluding hydrogens is 216 g/mol. The number of pyridine rings is 1. The van der Waals surface area contributed by atoms with Gasteiger partial charge in [-0.3, -0.25) is 14.7 Å². The lowest BCUT2D eigenvalue weighted by Gasteiger charge is -2.32.